The predicted octanol–water partition coefficient (Wildman–Crippen LogP) is 0.523. The quantitative estimate of drug-likeness (QED) is 0.416. The number of aliphatic hydroxyl groups is 1. The molecule has 3 aromatic heterocycles. The summed E-state index contributed by atoms with van der Waals surface area (Å²) in [6.45, 7) is 2.71. The van der Waals surface area contributed by atoms with Crippen LogP contribution in [0.25, 0.3) is 11.0 Å². The second-order valence-corrected chi connectivity index (χ2v) is 8.63. The van der Waals surface area contributed by atoms with Crippen molar-refractivity contribution in [2.75, 3.05) is 45.2 Å². The highest BCUT2D eigenvalue weighted by atomic mass is 19.1. The number of ether oxygens (including phenoxy) is 2. The third kappa shape index (κ3) is 5.14. The summed E-state index contributed by atoms with van der Waals surface area (Å²) in [4.78, 5) is 30.6. The lowest BCUT2D eigenvalue weighted by atomic mass is 10.1. The Morgan fingerprint density at radius 2 is 2.17 bits per heavy atom. The first-order valence-electron chi connectivity index (χ1n) is 11.4. The van der Waals surface area contributed by atoms with Gasteiger partial charge >= 0.3 is 0 Å². The minimum atomic E-state index is -0.498. The third-order valence-corrected chi connectivity index (χ3v) is 6.21. The van der Waals surface area contributed by atoms with Crippen LogP contribution in [0.1, 0.15) is 11.3 Å². The van der Waals surface area contributed by atoms with Crippen LogP contribution in [-0.4, -0.2) is 81.8 Å². The average molecular weight is 484 g/mol. The average Bonchev–Trinajstić information content (AvgIpc) is 3.21. The number of amides is 1. The Morgan fingerprint density at radius 1 is 1.29 bits per heavy atom. The van der Waals surface area contributed by atoms with E-state index < -0.39 is 11.9 Å². The zero-order chi connectivity index (χ0) is 24.4. The van der Waals surface area contributed by atoms with E-state index in [1.165, 1.54) is 13.3 Å². The number of carbonyl (C=O) groups excluding carboxylic acids is 1. The molecule has 2 aliphatic rings. The fourth-order valence-corrected chi connectivity index (χ4v) is 4.40. The van der Waals surface area contributed by atoms with Crippen LogP contribution in [0.15, 0.2) is 24.5 Å². The van der Waals surface area contributed by atoms with Gasteiger partial charge in [-0.3, -0.25) is 9.78 Å². The standard InChI is InChI=1S/C23H26FN7O4/c1-34-20-3-2-17-21(30-20)15(16(24)9-26-17)4-5-31-10-13(18(32)11-31)6-25-7-14-8-27-23-22(28-14)29-19(33)12-35-23/h2-3,8-9,13,18,25,32H,4-7,10-12H2,1H3,(H,28,29,33)/t13-,18+/m0/s1. The fourth-order valence-electron chi connectivity index (χ4n) is 4.40. The molecule has 0 radical (unpaired) electrons. The number of nitrogens with one attached hydrogen (secondary N) is 2. The molecule has 0 aromatic carbocycles. The van der Waals surface area contributed by atoms with Gasteiger partial charge in [0.15, 0.2) is 12.4 Å². The number of methoxy groups -OCH3 is 1. The molecule has 0 spiro atoms. The van der Waals surface area contributed by atoms with Gasteiger partial charge in [-0.05, 0) is 12.5 Å². The molecule has 0 bridgehead atoms. The second-order valence-electron chi connectivity index (χ2n) is 8.63. The number of rotatable bonds is 8. The van der Waals surface area contributed by atoms with E-state index in [4.69, 9.17) is 9.47 Å². The van der Waals surface area contributed by atoms with E-state index in [2.05, 4.69) is 35.5 Å². The summed E-state index contributed by atoms with van der Waals surface area (Å²) in [7, 11) is 1.52. The molecular weight excluding hydrogens is 457 g/mol. The molecule has 11 nitrogen and oxygen atoms in total. The van der Waals surface area contributed by atoms with Crippen LogP contribution in [0.5, 0.6) is 11.8 Å². The molecular formula is C23H26FN7O4. The van der Waals surface area contributed by atoms with Gasteiger partial charge in [0.2, 0.25) is 5.88 Å². The Bertz CT molecular complexity index is 1240. The topological polar surface area (TPSA) is 135 Å². The van der Waals surface area contributed by atoms with Crippen LogP contribution < -0.4 is 20.1 Å². The first-order valence-corrected chi connectivity index (χ1v) is 11.4. The highest BCUT2D eigenvalue weighted by molar-refractivity contribution is 5.93. The van der Waals surface area contributed by atoms with E-state index in [1.54, 1.807) is 18.3 Å². The van der Waals surface area contributed by atoms with Crippen molar-refractivity contribution >= 4 is 22.8 Å². The molecule has 0 aliphatic carbocycles. The Morgan fingerprint density at radius 3 is 3.03 bits per heavy atom. The van der Waals surface area contributed by atoms with Gasteiger partial charge in [-0.15, -0.1) is 0 Å². The number of nitrogens with zero attached hydrogens (tertiary/aromatic N) is 5. The lowest BCUT2D eigenvalue weighted by Crippen LogP contribution is -2.31. The van der Waals surface area contributed by atoms with Crippen molar-refractivity contribution in [3.05, 3.63) is 41.6 Å². The molecule has 184 valence electrons. The van der Waals surface area contributed by atoms with Gasteiger partial charge in [-0.1, -0.05) is 0 Å². The van der Waals surface area contributed by atoms with Crippen LogP contribution in [0.2, 0.25) is 0 Å². The number of fused-ring (bicyclic) bond motifs is 2. The summed E-state index contributed by atoms with van der Waals surface area (Å²) in [5.74, 6) is 0.385. The molecule has 3 N–H and O–H groups in total. The molecule has 2 aliphatic heterocycles. The zero-order valence-corrected chi connectivity index (χ0v) is 19.2. The summed E-state index contributed by atoms with van der Waals surface area (Å²) >= 11 is 0. The lowest BCUT2D eigenvalue weighted by molar-refractivity contribution is -0.118. The lowest BCUT2D eigenvalue weighted by Gasteiger charge is -2.18. The molecule has 12 heteroatoms. The molecule has 35 heavy (non-hydrogen) atoms. The summed E-state index contributed by atoms with van der Waals surface area (Å²) in [5, 5.41) is 16.5. The Hall–Kier alpha value is -3.48. The molecule has 3 aromatic rings. The minimum Gasteiger partial charge on any atom is -0.481 e. The monoisotopic (exact) mass is 483 g/mol. The van der Waals surface area contributed by atoms with E-state index in [9.17, 15) is 14.3 Å². The smallest absolute Gasteiger partial charge is 0.263 e. The number of halogens is 1. The number of hydrogen-bond acceptors (Lipinski definition) is 10. The molecule has 1 saturated heterocycles. The molecule has 5 rings (SSSR count). The van der Waals surface area contributed by atoms with E-state index in [-0.39, 0.29) is 18.4 Å². The largest absolute Gasteiger partial charge is 0.481 e. The van der Waals surface area contributed by atoms with Crippen LogP contribution >= 0.6 is 0 Å². The molecule has 0 saturated carbocycles. The van der Waals surface area contributed by atoms with Gasteiger partial charge in [0.05, 0.1) is 42.3 Å². The van der Waals surface area contributed by atoms with Crippen LogP contribution in [0.4, 0.5) is 10.2 Å². The van der Waals surface area contributed by atoms with E-state index in [1.807, 2.05) is 0 Å². The number of β-amino-alcohol motifs (C(OH)–C–C–N with tert-alkyl or cyclic N) is 1. The molecule has 1 fully saturated rings. The molecule has 0 unspecified atom stereocenters. The Kier molecular flexibility index (Phi) is 6.66. The number of pyridine rings is 2. The van der Waals surface area contributed by atoms with Crippen molar-refractivity contribution in [3.8, 4) is 11.8 Å². The number of hydrogen-bond donors (Lipinski definition) is 3. The first kappa shape index (κ1) is 23.3. The maximum absolute atomic E-state index is 14.6. The van der Waals surface area contributed by atoms with Crippen molar-refractivity contribution in [2.45, 2.75) is 19.1 Å². The fraction of sp³-hybridized carbons (Fsp3) is 0.435. The summed E-state index contributed by atoms with van der Waals surface area (Å²) in [5.41, 5.74) is 2.26. The first-order chi connectivity index (χ1) is 17.0. The predicted molar refractivity (Wildman–Crippen MR) is 124 cm³/mol. The minimum absolute atomic E-state index is 0.0147. The third-order valence-electron chi connectivity index (χ3n) is 6.21. The van der Waals surface area contributed by atoms with Gasteiger partial charge in [0, 0.05) is 50.3 Å². The second kappa shape index (κ2) is 10.0. The van der Waals surface area contributed by atoms with Gasteiger partial charge in [-0.25, -0.2) is 19.3 Å². The number of aliphatic hydroxyl groups excluding tert-OH is 1. The van der Waals surface area contributed by atoms with E-state index >= 15 is 0 Å². The SMILES string of the molecule is COc1ccc2ncc(F)c(CCN3C[C@H](CNCc4cnc5c(n4)NC(=O)CO5)[C@H](O)C3)c2n1. The van der Waals surface area contributed by atoms with Gasteiger partial charge in [0.1, 0.15) is 5.82 Å². The number of carbonyl (C=O) groups is 1. The van der Waals surface area contributed by atoms with Crippen molar-refractivity contribution in [3.63, 3.8) is 0 Å². The highest BCUT2D eigenvalue weighted by Gasteiger charge is 2.31. The maximum atomic E-state index is 14.6. The Balaban J connectivity index is 1.15. The molecule has 1 amide bonds. The summed E-state index contributed by atoms with van der Waals surface area (Å²) in [6.07, 6.45) is 2.76. The number of anilines is 1. The maximum Gasteiger partial charge on any atom is 0.263 e. The number of aromatic nitrogens is 4. The molecule has 2 atom stereocenters. The van der Waals surface area contributed by atoms with Crippen molar-refractivity contribution in [1.82, 2.24) is 30.2 Å². The normalized spacial score (nSPS) is 19.9. The van der Waals surface area contributed by atoms with E-state index in [0.29, 0.717) is 79.0 Å². The van der Waals surface area contributed by atoms with Gasteiger partial charge < -0.3 is 30.1 Å². The Labute approximate surface area is 200 Å². The highest BCUT2D eigenvalue weighted by Crippen LogP contribution is 2.24. The van der Waals surface area contributed by atoms with Crippen molar-refractivity contribution in [1.29, 1.82) is 0 Å². The zero-order valence-electron chi connectivity index (χ0n) is 19.2. The van der Waals surface area contributed by atoms with Gasteiger partial charge in [-0.2, -0.15) is 0 Å². The summed E-state index contributed by atoms with van der Waals surface area (Å²) in [6, 6.07) is 3.46. The van der Waals surface area contributed by atoms with Crippen molar-refractivity contribution in [2.24, 2.45) is 5.92 Å². The van der Waals surface area contributed by atoms with Crippen molar-refractivity contribution < 1.29 is 23.8 Å². The summed E-state index contributed by atoms with van der Waals surface area (Å²) < 4.78 is 25.0. The van der Waals surface area contributed by atoms with Gasteiger partial charge in [0.25, 0.3) is 11.8 Å². The van der Waals surface area contributed by atoms with Crippen LogP contribution in [0.3, 0.4) is 0 Å². The molecule has 5 heterocycles. The van der Waals surface area contributed by atoms with E-state index in [0.717, 1.165) is 0 Å². The number of likely N-dealkylation sites (tertiary alicyclic amines) is 1. The van der Waals surface area contributed by atoms with Crippen LogP contribution in [0, 0.1) is 11.7 Å². The van der Waals surface area contributed by atoms with Crippen LogP contribution in [-0.2, 0) is 17.8 Å².